The zero-order valence-corrected chi connectivity index (χ0v) is 13.2. The number of rotatable bonds is 4. The van der Waals surface area contributed by atoms with Gasteiger partial charge in [-0.2, -0.15) is 0 Å². The second-order valence-corrected chi connectivity index (χ2v) is 7.91. The van der Waals surface area contributed by atoms with E-state index in [0.717, 1.165) is 11.4 Å². The SMILES string of the molecule is O=C1C=C(Nc2cccc(NC(=O)C3CCS(=O)(=O)C3)c2)CN1. The Kier molecular flexibility index (Phi) is 4.08. The molecule has 1 atom stereocenters. The summed E-state index contributed by atoms with van der Waals surface area (Å²) in [5, 5.41) is 8.51. The molecule has 0 saturated carbocycles. The molecule has 1 aromatic rings. The van der Waals surface area contributed by atoms with Crippen LogP contribution in [0.1, 0.15) is 6.42 Å². The van der Waals surface area contributed by atoms with E-state index < -0.39 is 15.8 Å². The minimum atomic E-state index is -3.08. The highest BCUT2D eigenvalue weighted by molar-refractivity contribution is 7.91. The first kappa shape index (κ1) is 15.5. The molecule has 0 radical (unpaired) electrons. The third kappa shape index (κ3) is 3.89. The number of carbonyl (C=O) groups excluding carboxylic acids is 2. The quantitative estimate of drug-likeness (QED) is 0.743. The van der Waals surface area contributed by atoms with Gasteiger partial charge in [-0.15, -0.1) is 0 Å². The van der Waals surface area contributed by atoms with E-state index in [4.69, 9.17) is 0 Å². The number of anilines is 2. The third-order valence-corrected chi connectivity index (χ3v) is 5.56. The van der Waals surface area contributed by atoms with Crippen molar-refractivity contribution in [3.63, 3.8) is 0 Å². The van der Waals surface area contributed by atoms with Crippen LogP contribution in [0.3, 0.4) is 0 Å². The van der Waals surface area contributed by atoms with Gasteiger partial charge >= 0.3 is 0 Å². The first-order chi connectivity index (χ1) is 10.9. The number of hydrogen-bond acceptors (Lipinski definition) is 5. The van der Waals surface area contributed by atoms with Gasteiger partial charge in [0.2, 0.25) is 11.8 Å². The fraction of sp³-hybridized carbons (Fsp3) is 0.333. The molecule has 1 unspecified atom stereocenters. The van der Waals surface area contributed by atoms with Gasteiger partial charge in [-0.05, 0) is 24.6 Å². The summed E-state index contributed by atoms with van der Waals surface area (Å²) in [6, 6.07) is 7.07. The molecule has 7 nitrogen and oxygen atoms in total. The van der Waals surface area contributed by atoms with Gasteiger partial charge in [0.25, 0.3) is 0 Å². The van der Waals surface area contributed by atoms with Crippen molar-refractivity contribution in [2.75, 3.05) is 28.7 Å². The number of sulfone groups is 1. The van der Waals surface area contributed by atoms with Crippen LogP contribution in [0, 0.1) is 5.92 Å². The third-order valence-electron chi connectivity index (χ3n) is 3.80. The molecule has 0 spiro atoms. The average molecular weight is 335 g/mol. The summed E-state index contributed by atoms with van der Waals surface area (Å²) in [6.45, 7) is 0.440. The van der Waals surface area contributed by atoms with E-state index in [2.05, 4.69) is 16.0 Å². The van der Waals surface area contributed by atoms with Crippen molar-refractivity contribution in [2.45, 2.75) is 6.42 Å². The Hall–Kier alpha value is -2.35. The fourth-order valence-electron chi connectivity index (χ4n) is 2.63. The maximum absolute atomic E-state index is 12.1. The molecule has 2 aliphatic heterocycles. The van der Waals surface area contributed by atoms with Gasteiger partial charge < -0.3 is 16.0 Å². The predicted molar refractivity (Wildman–Crippen MR) is 86.5 cm³/mol. The zero-order chi connectivity index (χ0) is 16.4. The lowest BCUT2D eigenvalue weighted by Crippen LogP contribution is -2.23. The fourth-order valence-corrected chi connectivity index (χ4v) is 4.37. The minimum absolute atomic E-state index is 0.0713. The first-order valence-corrected chi connectivity index (χ1v) is 9.10. The maximum Gasteiger partial charge on any atom is 0.246 e. The van der Waals surface area contributed by atoms with E-state index in [9.17, 15) is 18.0 Å². The van der Waals surface area contributed by atoms with E-state index in [1.165, 1.54) is 6.08 Å². The second kappa shape index (κ2) is 6.04. The number of hydrogen-bond donors (Lipinski definition) is 3. The zero-order valence-electron chi connectivity index (χ0n) is 12.3. The van der Waals surface area contributed by atoms with Crippen LogP contribution in [0.15, 0.2) is 36.0 Å². The Morgan fingerprint density at radius 2 is 2.04 bits per heavy atom. The average Bonchev–Trinajstić information content (AvgIpc) is 3.05. The largest absolute Gasteiger partial charge is 0.357 e. The van der Waals surface area contributed by atoms with Crippen molar-refractivity contribution < 1.29 is 18.0 Å². The normalized spacial score (nSPS) is 22.3. The summed E-state index contributed by atoms with van der Waals surface area (Å²) in [5.74, 6) is -0.921. The minimum Gasteiger partial charge on any atom is -0.357 e. The molecule has 122 valence electrons. The Morgan fingerprint density at radius 3 is 2.70 bits per heavy atom. The van der Waals surface area contributed by atoms with Crippen molar-refractivity contribution in [2.24, 2.45) is 5.92 Å². The molecule has 2 aliphatic rings. The van der Waals surface area contributed by atoms with Crippen LogP contribution < -0.4 is 16.0 Å². The molecule has 1 saturated heterocycles. The monoisotopic (exact) mass is 335 g/mol. The van der Waals surface area contributed by atoms with Gasteiger partial charge in [0.1, 0.15) is 0 Å². The van der Waals surface area contributed by atoms with Crippen LogP contribution in [0.5, 0.6) is 0 Å². The van der Waals surface area contributed by atoms with Gasteiger partial charge in [-0.25, -0.2) is 8.42 Å². The van der Waals surface area contributed by atoms with E-state index in [1.807, 2.05) is 6.07 Å². The summed E-state index contributed by atoms with van der Waals surface area (Å²) in [4.78, 5) is 23.3. The molecular weight excluding hydrogens is 318 g/mol. The van der Waals surface area contributed by atoms with Gasteiger partial charge in [-0.1, -0.05) is 6.07 Å². The Balaban J connectivity index is 1.65. The molecule has 1 aromatic carbocycles. The van der Waals surface area contributed by atoms with Crippen molar-refractivity contribution in [3.8, 4) is 0 Å². The first-order valence-electron chi connectivity index (χ1n) is 7.28. The molecule has 0 aromatic heterocycles. The highest BCUT2D eigenvalue weighted by Gasteiger charge is 2.32. The van der Waals surface area contributed by atoms with Gasteiger partial charge in [0.05, 0.1) is 24.0 Å². The highest BCUT2D eigenvalue weighted by atomic mass is 32.2. The summed E-state index contributed by atoms with van der Waals surface area (Å²) < 4.78 is 22.9. The number of carbonyl (C=O) groups is 2. The molecule has 0 bridgehead atoms. The Labute approximate surface area is 134 Å². The molecule has 3 N–H and O–H groups in total. The molecule has 0 aliphatic carbocycles. The molecule has 2 heterocycles. The maximum atomic E-state index is 12.1. The summed E-state index contributed by atoms with van der Waals surface area (Å²) >= 11 is 0. The van der Waals surface area contributed by atoms with Gasteiger partial charge in [0.15, 0.2) is 9.84 Å². The van der Waals surface area contributed by atoms with Crippen molar-refractivity contribution in [1.82, 2.24) is 5.32 Å². The highest BCUT2D eigenvalue weighted by Crippen LogP contribution is 2.22. The summed E-state index contributed by atoms with van der Waals surface area (Å²) in [5.41, 5.74) is 2.08. The van der Waals surface area contributed by atoms with Crippen LogP contribution in [0.4, 0.5) is 11.4 Å². The van der Waals surface area contributed by atoms with Gasteiger partial charge in [0, 0.05) is 23.1 Å². The lowest BCUT2D eigenvalue weighted by atomic mass is 10.1. The Bertz CT molecular complexity index is 786. The number of nitrogens with one attached hydrogen (secondary N) is 3. The lowest BCUT2D eigenvalue weighted by molar-refractivity contribution is -0.119. The van der Waals surface area contributed by atoms with E-state index in [0.29, 0.717) is 18.7 Å². The van der Waals surface area contributed by atoms with Crippen LogP contribution in [-0.2, 0) is 19.4 Å². The van der Waals surface area contributed by atoms with Crippen molar-refractivity contribution in [3.05, 3.63) is 36.0 Å². The molecule has 23 heavy (non-hydrogen) atoms. The predicted octanol–water partition coefficient (Wildman–Crippen LogP) is 0.485. The molecule has 2 amide bonds. The molecular formula is C15H17N3O4S. The second-order valence-electron chi connectivity index (χ2n) is 5.68. The van der Waals surface area contributed by atoms with Crippen LogP contribution in [-0.4, -0.2) is 38.3 Å². The summed E-state index contributed by atoms with van der Waals surface area (Å²) in [7, 11) is -3.08. The van der Waals surface area contributed by atoms with Crippen LogP contribution >= 0.6 is 0 Å². The van der Waals surface area contributed by atoms with Crippen LogP contribution in [0.2, 0.25) is 0 Å². The summed E-state index contributed by atoms with van der Waals surface area (Å²) in [6.07, 6.45) is 1.85. The number of amides is 2. The van der Waals surface area contributed by atoms with E-state index in [1.54, 1.807) is 18.2 Å². The van der Waals surface area contributed by atoms with E-state index >= 15 is 0 Å². The number of benzene rings is 1. The Morgan fingerprint density at radius 1 is 1.26 bits per heavy atom. The molecule has 1 fully saturated rings. The molecule has 3 rings (SSSR count). The molecule has 8 heteroatoms. The van der Waals surface area contributed by atoms with Gasteiger partial charge in [-0.3, -0.25) is 9.59 Å². The topological polar surface area (TPSA) is 104 Å². The van der Waals surface area contributed by atoms with E-state index in [-0.39, 0.29) is 23.3 Å². The lowest BCUT2D eigenvalue weighted by Gasteiger charge is -2.12. The van der Waals surface area contributed by atoms with Crippen molar-refractivity contribution in [1.29, 1.82) is 0 Å². The van der Waals surface area contributed by atoms with Crippen LogP contribution in [0.25, 0.3) is 0 Å². The smallest absolute Gasteiger partial charge is 0.246 e. The van der Waals surface area contributed by atoms with Crippen molar-refractivity contribution >= 4 is 33.0 Å². The standard InChI is InChI=1S/C15H17N3O4S/c19-14-7-13(8-16-14)17-11-2-1-3-12(6-11)18-15(20)10-4-5-23(21,22)9-10/h1-3,6-7,10,17H,4-5,8-9H2,(H,16,19)(H,18,20).